The molecule has 4 rings (SSSR count). The van der Waals surface area contributed by atoms with Crippen LogP contribution in [0.15, 0.2) is 30.3 Å². The number of carbonyl (C=O) groups is 8. The maximum absolute atomic E-state index is 14.5. The molecule has 18 nitrogen and oxygen atoms in total. The summed E-state index contributed by atoms with van der Waals surface area (Å²) in [5.41, 5.74) is 4.87. The molecule has 1 aromatic carbocycles. The molecule has 7 amide bonds. The third-order valence-corrected chi connectivity index (χ3v) is 19.3. The number of hydrogen-bond donors (Lipinski definition) is 5. The SMILES string of the molecule is CCC(C)C(CC(C)C(C)C(=O)C(NC(=O)C(C(C)C)N(C)CCCC(=O)NNC(=O)CCCCCN1C(=O)C2C(C)(CC)C2(CC)C1=O)C(C)C)C(CC(=O)N1CCCC1C(OC)C(C)C(=O)NC(C)C(O)c1ccccc1)OC. The number of likely N-dealkylation sites (tertiary alicyclic amines) is 2. The molecule has 5 N–H and O–H groups in total. The maximum Gasteiger partial charge on any atom is 0.238 e. The molecule has 18 heteroatoms. The van der Waals surface area contributed by atoms with Crippen LogP contribution in [-0.2, 0) is 47.8 Å². The average Bonchev–Trinajstić information content (AvgIpc) is 2.35. The van der Waals surface area contributed by atoms with Crippen molar-refractivity contribution in [1.29, 1.82) is 0 Å². The molecule has 0 aromatic heterocycles. The first-order chi connectivity index (χ1) is 38.2. The van der Waals surface area contributed by atoms with Crippen LogP contribution in [0.5, 0.6) is 0 Å². The monoisotopic (exact) mass is 1140 g/mol. The molecule has 0 radical (unpaired) electrons. The molecule has 15 atom stereocenters. The molecule has 2 aliphatic heterocycles. The first-order valence-corrected chi connectivity index (χ1v) is 30.6. The molecule has 3 fully saturated rings. The lowest BCUT2D eigenvalue weighted by Gasteiger charge is -2.37. The molecule has 458 valence electrons. The third kappa shape index (κ3) is 16.3. The Hall–Kier alpha value is -4.78. The van der Waals surface area contributed by atoms with Gasteiger partial charge < -0.3 is 30.1 Å². The summed E-state index contributed by atoms with van der Waals surface area (Å²) in [4.78, 5) is 114. The molecule has 1 aromatic rings. The van der Waals surface area contributed by atoms with Crippen molar-refractivity contribution in [3.05, 3.63) is 35.9 Å². The van der Waals surface area contributed by atoms with Crippen LogP contribution in [0.1, 0.15) is 185 Å². The van der Waals surface area contributed by atoms with Gasteiger partial charge in [-0.15, -0.1) is 0 Å². The quantitative estimate of drug-likeness (QED) is 0.0252. The van der Waals surface area contributed by atoms with Crippen molar-refractivity contribution in [2.45, 2.75) is 216 Å². The normalized spacial score (nSPS) is 23.9. The van der Waals surface area contributed by atoms with Gasteiger partial charge in [-0.1, -0.05) is 126 Å². The van der Waals surface area contributed by atoms with E-state index in [2.05, 4.69) is 42.3 Å². The van der Waals surface area contributed by atoms with E-state index in [0.29, 0.717) is 70.1 Å². The van der Waals surface area contributed by atoms with E-state index in [1.54, 1.807) is 28.1 Å². The summed E-state index contributed by atoms with van der Waals surface area (Å²) in [7, 11) is 5.03. The number of amides is 7. The molecule has 15 unspecified atom stereocenters. The second kappa shape index (κ2) is 31.2. The van der Waals surface area contributed by atoms with Gasteiger partial charge in [0.05, 0.1) is 66.2 Å². The molecule has 0 bridgehead atoms. The third-order valence-electron chi connectivity index (χ3n) is 19.3. The van der Waals surface area contributed by atoms with E-state index in [4.69, 9.17) is 9.47 Å². The van der Waals surface area contributed by atoms with E-state index < -0.39 is 53.7 Å². The van der Waals surface area contributed by atoms with Crippen molar-refractivity contribution in [3.8, 4) is 0 Å². The zero-order valence-electron chi connectivity index (χ0n) is 52.2. The van der Waals surface area contributed by atoms with Gasteiger partial charge in [0.25, 0.3) is 0 Å². The summed E-state index contributed by atoms with van der Waals surface area (Å²) in [5, 5.41) is 17.0. The summed E-state index contributed by atoms with van der Waals surface area (Å²) in [6.07, 6.45) is 5.07. The number of nitrogens with zero attached hydrogens (tertiary/aromatic N) is 3. The highest BCUT2D eigenvalue weighted by molar-refractivity contribution is 6.13. The minimum Gasteiger partial charge on any atom is -0.386 e. The topological polar surface area (TPSA) is 233 Å². The lowest BCUT2D eigenvalue weighted by molar-refractivity contribution is -0.145. The number of fused-ring (bicyclic) bond motifs is 1. The van der Waals surface area contributed by atoms with Crippen LogP contribution in [0.3, 0.4) is 0 Å². The molecule has 3 aliphatic rings. The molecule has 1 aliphatic carbocycles. The smallest absolute Gasteiger partial charge is 0.238 e. The predicted octanol–water partition coefficient (Wildman–Crippen LogP) is 7.56. The number of imide groups is 1. The minimum atomic E-state index is -0.893. The summed E-state index contributed by atoms with van der Waals surface area (Å²) in [5.74, 6) is -3.10. The highest BCUT2D eigenvalue weighted by atomic mass is 16.5. The Morgan fingerprint density at radius 1 is 0.778 bits per heavy atom. The number of likely N-dealkylation sites (N-methyl/N-ethyl adjacent to an activating group) is 1. The Bertz CT molecular complexity index is 2270. The highest BCUT2D eigenvalue weighted by Gasteiger charge is 2.83. The Labute approximate surface area is 485 Å². The molecule has 0 spiro atoms. The van der Waals surface area contributed by atoms with Crippen molar-refractivity contribution in [2.24, 2.45) is 58.2 Å². The number of unbranched alkanes of at least 4 members (excludes halogenated alkanes) is 2. The Kier molecular flexibility index (Phi) is 26.5. The minimum absolute atomic E-state index is 0.0496. The van der Waals surface area contributed by atoms with Crippen LogP contribution in [0.25, 0.3) is 0 Å². The van der Waals surface area contributed by atoms with E-state index in [1.165, 1.54) is 4.90 Å². The second-order valence-electron chi connectivity index (χ2n) is 25.1. The Morgan fingerprint density at radius 2 is 1.41 bits per heavy atom. The Balaban J connectivity index is 1.25. The van der Waals surface area contributed by atoms with Crippen LogP contribution in [0, 0.1) is 58.2 Å². The zero-order chi connectivity index (χ0) is 60.7. The van der Waals surface area contributed by atoms with Crippen LogP contribution < -0.4 is 21.5 Å². The van der Waals surface area contributed by atoms with Crippen molar-refractivity contribution in [3.63, 3.8) is 0 Å². The average molecular weight is 1140 g/mol. The van der Waals surface area contributed by atoms with Gasteiger partial charge in [0.2, 0.25) is 41.4 Å². The van der Waals surface area contributed by atoms with E-state index in [-0.39, 0.29) is 113 Å². The maximum atomic E-state index is 14.5. The number of methoxy groups -OCH3 is 2. The van der Waals surface area contributed by atoms with E-state index >= 15 is 0 Å². The number of rotatable bonds is 35. The molecule has 2 heterocycles. The number of benzene rings is 1. The molecule has 81 heavy (non-hydrogen) atoms. The number of Topliss-reactive ketones (excluding diaryl/α,β-unsaturated/α-hetero) is 1. The summed E-state index contributed by atoms with van der Waals surface area (Å²) in [6, 6.07) is 6.96. The van der Waals surface area contributed by atoms with Gasteiger partial charge in [-0.05, 0) is 112 Å². The summed E-state index contributed by atoms with van der Waals surface area (Å²) in [6.45, 7) is 26.9. The second-order valence-corrected chi connectivity index (χ2v) is 25.1. The number of ketones is 1. The van der Waals surface area contributed by atoms with Gasteiger partial charge in [-0.2, -0.15) is 0 Å². The van der Waals surface area contributed by atoms with Crippen molar-refractivity contribution < 1.29 is 52.9 Å². The van der Waals surface area contributed by atoms with Crippen molar-refractivity contribution in [2.75, 3.05) is 40.9 Å². The van der Waals surface area contributed by atoms with Crippen molar-refractivity contribution >= 4 is 47.1 Å². The molecular formula is C63H105N7O11. The number of carbonyl (C=O) groups excluding carboxylic acids is 8. The van der Waals surface area contributed by atoms with Crippen LogP contribution >= 0.6 is 0 Å². The van der Waals surface area contributed by atoms with Gasteiger partial charge in [0.15, 0.2) is 5.78 Å². The summed E-state index contributed by atoms with van der Waals surface area (Å²) < 4.78 is 12.2. The van der Waals surface area contributed by atoms with Crippen LogP contribution in [0.4, 0.5) is 0 Å². The van der Waals surface area contributed by atoms with Gasteiger partial charge in [-0.25, -0.2) is 0 Å². The van der Waals surface area contributed by atoms with E-state index in [1.807, 2.05) is 103 Å². The fraction of sp³-hybridized carbons (Fsp3) is 0.778. The van der Waals surface area contributed by atoms with Crippen LogP contribution in [-0.4, -0.2) is 144 Å². The first-order valence-electron chi connectivity index (χ1n) is 30.6. The fourth-order valence-electron chi connectivity index (χ4n) is 13.6. The molecular weight excluding hydrogens is 1030 g/mol. The van der Waals surface area contributed by atoms with Gasteiger partial charge in [0, 0.05) is 46.1 Å². The number of hydrazine groups is 1. The number of aliphatic hydroxyl groups excluding tert-OH is 1. The summed E-state index contributed by atoms with van der Waals surface area (Å²) >= 11 is 0. The zero-order valence-corrected chi connectivity index (χ0v) is 52.2. The van der Waals surface area contributed by atoms with E-state index in [9.17, 15) is 43.5 Å². The lowest BCUT2D eigenvalue weighted by atomic mass is 9.74. The largest absolute Gasteiger partial charge is 0.386 e. The first kappa shape index (κ1) is 68.7. The lowest BCUT2D eigenvalue weighted by Crippen LogP contribution is -2.55. The number of aliphatic hydroxyl groups is 1. The predicted molar refractivity (Wildman–Crippen MR) is 313 cm³/mol. The highest BCUT2D eigenvalue weighted by Crippen LogP contribution is 2.76. The molecule has 2 saturated heterocycles. The van der Waals surface area contributed by atoms with Gasteiger partial charge in [-0.3, -0.25) is 59.0 Å². The number of hydrogen-bond acceptors (Lipinski definition) is 12. The standard InChI is InChI=1S/C63H105N7O11/c1-17-40(8)46(48(80-15)37-51(73)69-35-26-30-47(69)56(81-16)43(11)58(76)64-44(12)55(75)45-28-22-20-23-29-45)36-41(9)42(10)54(74)52(38(4)5)65-59(77)53(39(6)7)68(14)33-27-32-50(72)67-66-49(71)31-24-21-25-34-70-60(78)57-62(13,18-2)63(57,19-3)61(70)79/h20,22-23,28-29,38-44,46-48,52-53,55-57,75H,17-19,21,24-27,30-37H2,1-16H3,(H,64,76)(H,65,77)(H,66,71)(H,67,72). The number of nitrogens with one attached hydrogen (secondary N) is 4. The number of piperidine rings is 1. The van der Waals surface area contributed by atoms with Gasteiger partial charge >= 0.3 is 0 Å². The van der Waals surface area contributed by atoms with Crippen molar-refractivity contribution in [1.82, 2.24) is 36.2 Å². The van der Waals surface area contributed by atoms with Crippen LogP contribution in [0.2, 0.25) is 0 Å². The fourth-order valence-corrected chi connectivity index (χ4v) is 13.6. The van der Waals surface area contributed by atoms with E-state index in [0.717, 1.165) is 19.3 Å². The Morgan fingerprint density at radius 3 is 1.95 bits per heavy atom. The molecule has 1 saturated carbocycles. The number of ether oxygens (including phenoxy) is 2. The van der Waals surface area contributed by atoms with Gasteiger partial charge in [0.1, 0.15) is 0 Å².